The lowest BCUT2D eigenvalue weighted by atomic mass is 9.95. The number of pyridine rings is 1. The molecule has 0 radical (unpaired) electrons. The first kappa shape index (κ1) is 34.6. The maximum atomic E-state index is 12.7. The van der Waals surface area contributed by atoms with Crippen molar-refractivity contribution < 1.29 is 43.7 Å². The summed E-state index contributed by atoms with van der Waals surface area (Å²) in [5.41, 5.74) is 6.90. The largest absolute Gasteiger partial charge is 0.492 e. The molecule has 0 saturated carbocycles. The Kier molecular flexibility index (Phi) is 11.0. The van der Waals surface area contributed by atoms with Gasteiger partial charge in [0.2, 0.25) is 17.7 Å². The first-order chi connectivity index (χ1) is 24.2. The van der Waals surface area contributed by atoms with E-state index in [1.165, 1.54) is 0 Å². The van der Waals surface area contributed by atoms with Crippen LogP contribution < -0.4 is 15.6 Å². The number of diazo groups is 1. The normalized spacial score (nSPS) is 11.2. The monoisotopic (exact) mass is 681 g/mol. The Balaban J connectivity index is 1.18. The minimum atomic E-state index is -0.896. The fourth-order valence-electron chi connectivity index (χ4n) is 5.36. The highest BCUT2D eigenvalue weighted by molar-refractivity contribution is 6.06. The van der Waals surface area contributed by atoms with Crippen LogP contribution in [0, 0.1) is 5.39 Å². The van der Waals surface area contributed by atoms with E-state index in [0.717, 1.165) is 45.4 Å². The number of aromatic hydroxyl groups is 2. The molecule has 1 amide bonds. The summed E-state index contributed by atoms with van der Waals surface area (Å²) in [5, 5.41) is 33.4. The van der Waals surface area contributed by atoms with E-state index in [4.69, 9.17) is 19.7 Å². The number of amides is 1. The fourth-order valence-corrected chi connectivity index (χ4v) is 5.36. The number of hydrogen-bond donors (Lipinski definition) is 3. The molecule has 0 saturated heterocycles. The number of rotatable bonds is 13. The number of carbonyl (C=O) groups excluding carboxylic acids is 4. The second-order valence-electron chi connectivity index (χ2n) is 10.9. The zero-order valence-electron chi connectivity index (χ0n) is 26.9. The van der Waals surface area contributed by atoms with Crippen LogP contribution in [0.15, 0.2) is 83.9 Å². The van der Waals surface area contributed by atoms with Gasteiger partial charge < -0.3 is 29.1 Å². The number of esters is 2. The quantitative estimate of drug-likeness (QED) is 0.0518. The average molecular weight is 682 g/mol. The summed E-state index contributed by atoms with van der Waals surface area (Å²) in [7, 11) is 0. The van der Waals surface area contributed by atoms with Gasteiger partial charge >= 0.3 is 23.0 Å². The van der Waals surface area contributed by atoms with Gasteiger partial charge in [-0.15, -0.1) is 4.73 Å². The molecule has 50 heavy (non-hydrogen) atoms. The molecule has 1 aliphatic carbocycles. The van der Waals surface area contributed by atoms with Crippen LogP contribution in [0.25, 0.3) is 38.4 Å². The molecule has 3 N–H and O–H groups in total. The minimum absolute atomic E-state index is 0.197. The molecule has 5 rings (SSSR count). The van der Waals surface area contributed by atoms with Crippen molar-refractivity contribution in [2.24, 2.45) is 4.99 Å². The number of hydrogen-bond acceptors (Lipinski definition) is 11. The van der Waals surface area contributed by atoms with Crippen molar-refractivity contribution in [1.82, 2.24) is 9.30 Å². The van der Waals surface area contributed by atoms with Gasteiger partial charge in [-0.25, -0.2) is 9.79 Å². The van der Waals surface area contributed by atoms with Gasteiger partial charge in [-0.1, -0.05) is 42.5 Å². The summed E-state index contributed by atoms with van der Waals surface area (Å²) in [6, 6.07) is 23.2. The van der Waals surface area contributed by atoms with Crippen LogP contribution in [0.2, 0.25) is 0 Å². The molecule has 3 aromatic rings. The molecule has 2 aromatic carbocycles. The standard InChI is InChI=1S/C35H32N6O9/c1-2-40-28-21-23(8-11-26(28)25-10-9-24(38-39-36)20-27(25)35(40)22-6-4-3-5-7-22)37-29(42)12-15-32(45)48-18-19-49-33(46)16-17-34(47)50-41-30(43)13-14-31(41)44/h3-11,13-14,20-21,36,38H,2,12,15-19H2,1H3/p+1. The van der Waals surface area contributed by atoms with Crippen molar-refractivity contribution in [2.75, 3.05) is 18.6 Å². The van der Waals surface area contributed by atoms with E-state index in [-0.39, 0.29) is 38.9 Å². The van der Waals surface area contributed by atoms with Crippen LogP contribution >= 0.6 is 0 Å². The van der Waals surface area contributed by atoms with Crippen LogP contribution in [0.3, 0.4) is 0 Å². The van der Waals surface area contributed by atoms with Crippen LogP contribution in [0.5, 0.6) is 11.8 Å². The second-order valence-corrected chi connectivity index (χ2v) is 10.9. The first-order valence-corrected chi connectivity index (χ1v) is 15.6. The molecule has 0 unspecified atom stereocenters. The number of nitrogens with one attached hydrogen (secondary N) is 1. The van der Waals surface area contributed by atoms with Crippen molar-refractivity contribution in [2.45, 2.75) is 39.2 Å². The average Bonchev–Trinajstić information content (AvgIpc) is 3.43. The molecule has 0 atom stereocenters. The Labute approximate surface area is 284 Å². The van der Waals surface area contributed by atoms with Crippen LogP contribution in [0.1, 0.15) is 32.6 Å². The maximum Gasteiger partial charge on any atom is 0.333 e. The van der Waals surface area contributed by atoms with Gasteiger partial charge in [-0.3, -0.25) is 14.4 Å². The number of ether oxygens (including phenoxy) is 2. The molecule has 256 valence electrons. The predicted molar refractivity (Wildman–Crippen MR) is 179 cm³/mol. The molecule has 15 nitrogen and oxygen atoms in total. The summed E-state index contributed by atoms with van der Waals surface area (Å²) in [6.07, 6.45) is -1.16. The third-order valence-electron chi connectivity index (χ3n) is 7.58. The maximum absolute atomic E-state index is 12.7. The van der Waals surface area contributed by atoms with Crippen LogP contribution in [0.4, 0.5) is 5.69 Å². The lowest BCUT2D eigenvalue weighted by molar-refractivity contribution is -0.154. The molecule has 0 fully saturated rings. The Hall–Kier alpha value is -6.69. The number of fused-ring (bicyclic) bond motifs is 3. The van der Waals surface area contributed by atoms with E-state index in [0.29, 0.717) is 22.3 Å². The number of nitrogens with zero attached hydrogens (tertiary/aromatic N) is 5. The molecule has 1 aromatic heterocycles. The van der Waals surface area contributed by atoms with Crippen molar-refractivity contribution in [1.29, 1.82) is 5.39 Å². The Morgan fingerprint density at radius 2 is 1.46 bits per heavy atom. The number of carbonyl (C=O) groups is 4. The topological polar surface area (TPSA) is 199 Å². The molecule has 2 heterocycles. The van der Waals surface area contributed by atoms with Crippen molar-refractivity contribution in [3.05, 3.63) is 89.3 Å². The highest BCUT2D eigenvalue weighted by atomic mass is 16.7. The number of aromatic nitrogens is 2. The van der Waals surface area contributed by atoms with E-state index >= 15 is 0 Å². The van der Waals surface area contributed by atoms with E-state index in [1.54, 1.807) is 6.07 Å². The smallest absolute Gasteiger partial charge is 0.333 e. The SMILES string of the molecule is CCn1c2cc(=NC(=O)CCC(=O)OCCOC(=O)CCC(=O)On3c(O)ccc3O)ccc-2c2ccc(N[N+]#N)cc2c1-c1ccccc1. The van der Waals surface area contributed by atoms with Crippen LogP contribution in [-0.2, 0) is 35.2 Å². The molecule has 15 heteroatoms. The number of anilines is 1. The lowest BCUT2D eigenvalue weighted by Crippen LogP contribution is -2.20. The van der Waals surface area contributed by atoms with Gasteiger partial charge in [-0.05, 0) is 47.6 Å². The predicted octanol–water partition coefficient (Wildman–Crippen LogP) is 4.56. The van der Waals surface area contributed by atoms with Gasteiger partial charge in [0.25, 0.3) is 5.39 Å². The molecular weight excluding hydrogens is 648 g/mol. The third-order valence-corrected chi connectivity index (χ3v) is 7.58. The van der Waals surface area contributed by atoms with Crippen molar-refractivity contribution >= 4 is 40.3 Å². The molecule has 0 spiro atoms. The van der Waals surface area contributed by atoms with Crippen LogP contribution in [-0.4, -0.2) is 56.5 Å². The van der Waals surface area contributed by atoms with E-state index in [2.05, 4.69) is 20.1 Å². The van der Waals surface area contributed by atoms with Gasteiger partial charge in [0.1, 0.15) is 18.9 Å². The summed E-state index contributed by atoms with van der Waals surface area (Å²) in [6.45, 7) is 2.11. The summed E-state index contributed by atoms with van der Waals surface area (Å²) >= 11 is 0. The highest BCUT2D eigenvalue weighted by Crippen LogP contribution is 2.39. The zero-order valence-corrected chi connectivity index (χ0v) is 26.9. The molecule has 2 aliphatic rings. The van der Waals surface area contributed by atoms with E-state index in [9.17, 15) is 29.4 Å². The first-order valence-electron chi connectivity index (χ1n) is 15.6. The van der Waals surface area contributed by atoms with Gasteiger partial charge in [0, 0.05) is 36.0 Å². The van der Waals surface area contributed by atoms with Crippen molar-refractivity contribution in [3.8, 4) is 34.3 Å². The Morgan fingerprint density at radius 3 is 2.12 bits per heavy atom. The Bertz CT molecular complexity index is 2110. The third kappa shape index (κ3) is 8.23. The summed E-state index contributed by atoms with van der Waals surface area (Å²) in [5.74, 6) is -3.83. The highest BCUT2D eigenvalue weighted by Gasteiger charge is 2.20. The second kappa shape index (κ2) is 15.9. The molecular formula is C35H33N6O9+. The summed E-state index contributed by atoms with van der Waals surface area (Å²) < 4.78 is 12.6. The summed E-state index contributed by atoms with van der Waals surface area (Å²) in [4.78, 5) is 57.6. The molecule has 0 bridgehead atoms. The van der Waals surface area contributed by atoms with Gasteiger partial charge in [0.05, 0.1) is 36.0 Å². The van der Waals surface area contributed by atoms with E-state index < -0.39 is 35.6 Å². The van der Waals surface area contributed by atoms with Gasteiger partial charge in [0.15, 0.2) is 0 Å². The Morgan fingerprint density at radius 1 is 0.800 bits per heavy atom. The molecule has 1 aliphatic heterocycles. The lowest BCUT2D eigenvalue weighted by Gasteiger charge is -2.23. The number of benzene rings is 3. The fraction of sp³-hybridized carbons (Fsp3) is 0.229. The zero-order chi connectivity index (χ0) is 35.6. The van der Waals surface area contributed by atoms with Gasteiger partial charge in [-0.2, -0.15) is 0 Å². The van der Waals surface area contributed by atoms with E-state index in [1.807, 2.05) is 67.6 Å². The minimum Gasteiger partial charge on any atom is -0.492 e. The van der Waals surface area contributed by atoms with Crippen molar-refractivity contribution in [3.63, 3.8) is 0 Å².